The average molecular weight is 393 g/mol. The summed E-state index contributed by atoms with van der Waals surface area (Å²) >= 11 is 0. The standard InChI is InChI=1S/C22H23N3O4/c1-29-15-5-6-18-16(8-15)17(9-23-18)21(22(27)28)24-10-13-7-14(12-24)19-3-2-4-20(26)25(19)11-13/h2-6,8-9,13-14,21,23H,7,10-12H2,1H3,(H,27,28)/t13-,14-,21-/m0/s1. The number of pyridine rings is 1. The molecule has 3 atom stereocenters. The number of H-pyrrole nitrogens is 1. The van der Waals surface area contributed by atoms with Crippen LogP contribution in [-0.2, 0) is 11.3 Å². The van der Waals surface area contributed by atoms with Crippen molar-refractivity contribution in [3.05, 3.63) is 64.2 Å². The summed E-state index contributed by atoms with van der Waals surface area (Å²) in [5.41, 5.74) is 2.69. The van der Waals surface area contributed by atoms with E-state index in [1.807, 2.05) is 28.8 Å². The highest BCUT2D eigenvalue weighted by Gasteiger charge is 2.40. The van der Waals surface area contributed by atoms with Gasteiger partial charge in [0.25, 0.3) is 5.56 Å². The van der Waals surface area contributed by atoms with E-state index in [0.29, 0.717) is 25.4 Å². The van der Waals surface area contributed by atoms with Gasteiger partial charge in [0, 0.05) is 60.0 Å². The summed E-state index contributed by atoms with van der Waals surface area (Å²) in [7, 11) is 1.60. The summed E-state index contributed by atoms with van der Waals surface area (Å²) in [4.78, 5) is 29.9. The summed E-state index contributed by atoms with van der Waals surface area (Å²) < 4.78 is 7.20. The predicted molar refractivity (Wildman–Crippen MR) is 108 cm³/mol. The van der Waals surface area contributed by atoms with Gasteiger partial charge in [-0.15, -0.1) is 0 Å². The summed E-state index contributed by atoms with van der Waals surface area (Å²) in [6, 6.07) is 10.3. The molecule has 2 aromatic heterocycles. The van der Waals surface area contributed by atoms with Crippen LogP contribution >= 0.6 is 0 Å². The predicted octanol–water partition coefficient (Wildman–Crippen LogP) is 2.58. The number of ether oxygens (including phenoxy) is 1. The molecule has 4 heterocycles. The van der Waals surface area contributed by atoms with E-state index in [2.05, 4.69) is 9.88 Å². The lowest BCUT2D eigenvalue weighted by Crippen LogP contribution is -2.49. The van der Waals surface area contributed by atoms with Gasteiger partial charge in [-0.1, -0.05) is 6.07 Å². The number of nitrogens with zero attached hydrogens (tertiary/aromatic N) is 2. The molecule has 0 amide bonds. The van der Waals surface area contributed by atoms with Gasteiger partial charge >= 0.3 is 5.97 Å². The Labute approximate surface area is 167 Å². The van der Waals surface area contributed by atoms with Crippen molar-refractivity contribution in [1.82, 2.24) is 14.5 Å². The van der Waals surface area contributed by atoms with E-state index in [-0.39, 0.29) is 17.4 Å². The SMILES string of the molecule is COc1ccc2[nH]cc([C@@H](C(=O)O)N3C[C@@H]4C[C@@H](C3)c3cccc(=O)n3C4)c2c1. The Balaban J connectivity index is 1.54. The van der Waals surface area contributed by atoms with Gasteiger partial charge < -0.3 is 19.4 Å². The Hall–Kier alpha value is -3.06. The van der Waals surface area contributed by atoms with Crippen molar-refractivity contribution in [2.75, 3.05) is 20.2 Å². The van der Waals surface area contributed by atoms with E-state index in [1.165, 1.54) is 0 Å². The molecular formula is C22H23N3O4. The normalized spacial score (nSPS) is 22.2. The number of fused-ring (bicyclic) bond motifs is 5. The summed E-state index contributed by atoms with van der Waals surface area (Å²) in [6.07, 6.45) is 2.79. The largest absolute Gasteiger partial charge is 0.497 e. The number of nitrogens with one attached hydrogen (secondary N) is 1. The molecule has 0 unspecified atom stereocenters. The van der Waals surface area contributed by atoms with Gasteiger partial charge in [0.05, 0.1) is 7.11 Å². The molecule has 1 saturated heterocycles. The molecule has 29 heavy (non-hydrogen) atoms. The molecule has 3 aromatic rings. The number of piperidine rings is 1. The minimum Gasteiger partial charge on any atom is -0.497 e. The maximum Gasteiger partial charge on any atom is 0.325 e. The molecule has 1 aromatic carbocycles. The number of aliphatic carboxylic acids is 1. The van der Waals surface area contributed by atoms with Crippen LogP contribution in [-0.4, -0.2) is 45.7 Å². The second-order valence-electron chi connectivity index (χ2n) is 8.05. The van der Waals surface area contributed by atoms with E-state index < -0.39 is 12.0 Å². The average Bonchev–Trinajstić information content (AvgIpc) is 3.11. The van der Waals surface area contributed by atoms with Crippen LogP contribution in [0.15, 0.2) is 47.4 Å². The Kier molecular flexibility index (Phi) is 4.20. The number of aromatic nitrogens is 2. The fourth-order valence-electron chi connectivity index (χ4n) is 5.10. The maximum atomic E-state index is 12.4. The van der Waals surface area contributed by atoms with Crippen LogP contribution in [0.2, 0.25) is 0 Å². The molecule has 0 spiro atoms. The van der Waals surface area contributed by atoms with Gasteiger partial charge in [-0.2, -0.15) is 0 Å². The number of carboxylic acids is 1. The van der Waals surface area contributed by atoms with Crippen LogP contribution in [0.3, 0.4) is 0 Å². The van der Waals surface area contributed by atoms with Crippen LogP contribution in [0.4, 0.5) is 0 Å². The highest BCUT2D eigenvalue weighted by atomic mass is 16.5. The van der Waals surface area contributed by atoms with E-state index in [9.17, 15) is 14.7 Å². The maximum absolute atomic E-state index is 12.4. The zero-order chi connectivity index (χ0) is 20.1. The van der Waals surface area contributed by atoms with Crippen molar-refractivity contribution in [3.8, 4) is 5.75 Å². The summed E-state index contributed by atoms with van der Waals surface area (Å²) in [6.45, 7) is 1.93. The number of rotatable bonds is 4. The van der Waals surface area contributed by atoms with Crippen molar-refractivity contribution in [2.24, 2.45) is 5.92 Å². The Bertz CT molecular complexity index is 1150. The Morgan fingerprint density at radius 2 is 2.10 bits per heavy atom. The van der Waals surface area contributed by atoms with Crippen LogP contribution in [0.5, 0.6) is 5.75 Å². The Morgan fingerprint density at radius 3 is 2.90 bits per heavy atom. The number of carbonyl (C=O) groups is 1. The Morgan fingerprint density at radius 1 is 1.24 bits per heavy atom. The second-order valence-corrected chi connectivity index (χ2v) is 8.05. The molecule has 2 aliphatic heterocycles. The number of likely N-dealkylation sites (tertiary alicyclic amines) is 1. The van der Waals surface area contributed by atoms with Crippen LogP contribution < -0.4 is 10.3 Å². The fourth-order valence-corrected chi connectivity index (χ4v) is 5.10. The van der Waals surface area contributed by atoms with Crippen molar-refractivity contribution >= 4 is 16.9 Å². The van der Waals surface area contributed by atoms with Crippen molar-refractivity contribution in [3.63, 3.8) is 0 Å². The molecule has 150 valence electrons. The smallest absolute Gasteiger partial charge is 0.325 e. The lowest BCUT2D eigenvalue weighted by Gasteiger charge is -2.44. The molecule has 0 aliphatic carbocycles. The van der Waals surface area contributed by atoms with Crippen LogP contribution in [0.1, 0.15) is 29.6 Å². The second kappa shape index (κ2) is 6.77. The monoisotopic (exact) mass is 393 g/mol. The van der Waals surface area contributed by atoms with Gasteiger partial charge in [0.1, 0.15) is 11.8 Å². The highest BCUT2D eigenvalue weighted by molar-refractivity contribution is 5.90. The summed E-state index contributed by atoms with van der Waals surface area (Å²) in [5.74, 6) is 0.270. The molecule has 2 bridgehead atoms. The molecule has 2 aliphatic rings. The molecule has 0 radical (unpaired) electrons. The lowest BCUT2D eigenvalue weighted by atomic mass is 9.82. The first-order valence-corrected chi connectivity index (χ1v) is 9.86. The number of aromatic amines is 1. The third-order valence-electron chi connectivity index (χ3n) is 6.32. The fraction of sp³-hybridized carbons (Fsp3) is 0.364. The van der Waals surface area contributed by atoms with Crippen molar-refractivity contribution in [1.29, 1.82) is 0 Å². The number of hydrogen-bond donors (Lipinski definition) is 2. The van der Waals surface area contributed by atoms with Gasteiger partial charge in [0.15, 0.2) is 0 Å². The van der Waals surface area contributed by atoms with Crippen molar-refractivity contribution in [2.45, 2.75) is 24.9 Å². The van der Waals surface area contributed by atoms with E-state index in [0.717, 1.165) is 28.6 Å². The third kappa shape index (κ3) is 2.93. The zero-order valence-electron chi connectivity index (χ0n) is 16.2. The number of carboxylic acid groups (broad SMARTS) is 1. The molecular weight excluding hydrogens is 370 g/mol. The molecule has 2 N–H and O–H groups in total. The first-order chi connectivity index (χ1) is 14.0. The molecule has 1 fully saturated rings. The third-order valence-corrected chi connectivity index (χ3v) is 6.32. The number of benzene rings is 1. The number of methoxy groups -OCH3 is 1. The van der Waals surface area contributed by atoms with Crippen molar-refractivity contribution < 1.29 is 14.6 Å². The summed E-state index contributed by atoms with van der Waals surface area (Å²) in [5, 5.41) is 11.0. The number of hydrogen-bond acceptors (Lipinski definition) is 4. The molecule has 5 rings (SSSR count). The first kappa shape index (κ1) is 18.0. The first-order valence-electron chi connectivity index (χ1n) is 9.86. The minimum absolute atomic E-state index is 0.0316. The van der Waals surface area contributed by atoms with E-state index in [1.54, 1.807) is 25.4 Å². The lowest BCUT2D eigenvalue weighted by molar-refractivity contribution is -0.144. The van der Waals surface area contributed by atoms with E-state index in [4.69, 9.17) is 4.74 Å². The highest BCUT2D eigenvalue weighted by Crippen LogP contribution is 2.40. The van der Waals surface area contributed by atoms with Gasteiger partial charge in [-0.05, 0) is 36.6 Å². The van der Waals surface area contributed by atoms with Crippen LogP contribution in [0.25, 0.3) is 10.9 Å². The van der Waals surface area contributed by atoms with Gasteiger partial charge in [0.2, 0.25) is 0 Å². The van der Waals surface area contributed by atoms with Crippen LogP contribution in [0, 0.1) is 5.92 Å². The van der Waals surface area contributed by atoms with Gasteiger partial charge in [-0.3, -0.25) is 14.5 Å². The molecule has 0 saturated carbocycles. The van der Waals surface area contributed by atoms with Gasteiger partial charge in [-0.25, -0.2) is 0 Å². The quantitative estimate of drug-likeness (QED) is 0.711. The minimum atomic E-state index is -0.862. The van der Waals surface area contributed by atoms with E-state index >= 15 is 0 Å². The molecule has 7 nitrogen and oxygen atoms in total. The topological polar surface area (TPSA) is 87.6 Å². The zero-order valence-corrected chi connectivity index (χ0v) is 16.2. The molecule has 7 heteroatoms.